The van der Waals surface area contributed by atoms with Crippen LogP contribution >= 0.6 is 0 Å². The molecule has 0 bridgehead atoms. The van der Waals surface area contributed by atoms with Crippen LogP contribution in [0.4, 0.5) is 0 Å². The van der Waals surface area contributed by atoms with Crippen molar-refractivity contribution in [1.82, 2.24) is 5.06 Å². The van der Waals surface area contributed by atoms with Gasteiger partial charge in [-0.05, 0) is 25.7 Å². The molecule has 11 heavy (non-hydrogen) atoms. The maximum Gasteiger partial charge on any atom is 0.0685 e. The lowest BCUT2D eigenvalue weighted by atomic mass is 10.2. The largest absolute Gasteiger partial charge is 0.324 e. The van der Waals surface area contributed by atoms with Crippen LogP contribution in [0.1, 0.15) is 25.7 Å². The Morgan fingerprint density at radius 1 is 1.36 bits per heavy atom. The molecule has 0 aromatic carbocycles. The molecule has 0 atom stereocenters. The third kappa shape index (κ3) is 1.92. The molecule has 3 nitrogen and oxygen atoms in total. The van der Waals surface area contributed by atoms with Gasteiger partial charge < -0.3 is 5.73 Å². The molecule has 3 heteroatoms. The van der Waals surface area contributed by atoms with Crippen molar-refractivity contribution < 1.29 is 4.84 Å². The molecule has 1 heterocycles. The fourth-order valence-corrected chi connectivity index (χ4v) is 1.44. The molecule has 1 aliphatic carbocycles. The normalized spacial score (nSPS) is 30.3. The van der Waals surface area contributed by atoms with E-state index < -0.39 is 0 Å². The molecule has 1 saturated heterocycles. The van der Waals surface area contributed by atoms with Crippen LogP contribution in [0.25, 0.3) is 0 Å². The first-order valence-electron chi connectivity index (χ1n) is 4.45. The summed E-state index contributed by atoms with van der Waals surface area (Å²) in [5.41, 5.74) is 6.06. The molecule has 2 fully saturated rings. The molecule has 0 spiro atoms. The Hall–Kier alpha value is -0.120. The molecular weight excluding hydrogens is 140 g/mol. The Kier molecular flexibility index (Phi) is 1.87. The first-order chi connectivity index (χ1) is 5.29. The van der Waals surface area contributed by atoms with Gasteiger partial charge in [-0.1, -0.05) is 0 Å². The van der Waals surface area contributed by atoms with Crippen molar-refractivity contribution in [2.75, 3.05) is 19.7 Å². The van der Waals surface area contributed by atoms with Crippen LogP contribution in [-0.4, -0.2) is 30.3 Å². The molecule has 0 aromatic rings. The first-order valence-corrected chi connectivity index (χ1v) is 4.45. The second-order valence-corrected chi connectivity index (χ2v) is 3.77. The van der Waals surface area contributed by atoms with Crippen molar-refractivity contribution in [1.29, 1.82) is 0 Å². The molecular formula is C8H16N2O. The van der Waals surface area contributed by atoms with Crippen LogP contribution in [0.3, 0.4) is 0 Å². The Morgan fingerprint density at radius 2 is 2.18 bits per heavy atom. The lowest BCUT2D eigenvalue weighted by molar-refractivity contribution is -0.184. The van der Waals surface area contributed by atoms with E-state index >= 15 is 0 Å². The molecule has 0 amide bonds. The highest BCUT2D eigenvalue weighted by molar-refractivity contribution is 5.00. The van der Waals surface area contributed by atoms with Gasteiger partial charge in [-0.15, -0.1) is 0 Å². The standard InChI is InChI=1S/C8H16N2O/c9-8(3-4-8)7-10-5-1-2-6-11-10/h1-7,9H2. The van der Waals surface area contributed by atoms with Crippen LogP contribution < -0.4 is 5.73 Å². The van der Waals surface area contributed by atoms with Gasteiger partial charge in [-0.3, -0.25) is 4.84 Å². The van der Waals surface area contributed by atoms with Gasteiger partial charge in [0.25, 0.3) is 0 Å². The van der Waals surface area contributed by atoms with Crippen LogP contribution in [0, 0.1) is 0 Å². The zero-order valence-corrected chi connectivity index (χ0v) is 6.88. The fourth-order valence-electron chi connectivity index (χ4n) is 1.44. The van der Waals surface area contributed by atoms with Gasteiger partial charge >= 0.3 is 0 Å². The summed E-state index contributed by atoms with van der Waals surface area (Å²) in [5.74, 6) is 0. The quantitative estimate of drug-likeness (QED) is 0.633. The van der Waals surface area contributed by atoms with Crippen molar-refractivity contribution in [2.24, 2.45) is 5.73 Å². The minimum atomic E-state index is 0.108. The minimum Gasteiger partial charge on any atom is -0.324 e. The average molecular weight is 156 g/mol. The maximum atomic E-state index is 5.96. The third-order valence-electron chi connectivity index (χ3n) is 2.46. The Bertz CT molecular complexity index is 139. The smallest absolute Gasteiger partial charge is 0.0685 e. The molecule has 0 aromatic heterocycles. The van der Waals surface area contributed by atoms with E-state index in [1.807, 2.05) is 5.06 Å². The lowest BCUT2D eigenvalue weighted by Crippen LogP contribution is -2.41. The number of hydroxylamine groups is 2. The van der Waals surface area contributed by atoms with E-state index in [1.54, 1.807) is 0 Å². The Labute approximate surface area is 67.4 Å². The Balaban J connectivity index is 1.76. The summed E-state index contributed by atoms with van der Waals surface area (Å²) in [6.45, 7) is 2.89. The minimum absolute atomic E-state index is 0.108. The van der Waals surface area contributed by atoms with Gasteiger partial charge in [0.15, 0.2) is 0 Å². The summed E-state index contributed by atoms with van der Waals surface area (Å²) in [6.07, 6.45) is 4.81. The number of nitrogens with zero attached hydrogens (tertiary/aromatic N) is 1. The summed E-state index contributed by atoms with van der Waals surface area (Å²) in [4.78, 5) is 5.45. The van der Waals surface area contributed by atoms with E-state index in [1.165, 1.54) is 25.7 Å². The summed E-state index contributed by atoms with van der Waals surface area (Å²) in [6, 6.07) is 0. The van der Waals surface area contributed by atoms with Crippen molar-refractivity contribution in [3.63, 3.8) is 0 Å². The van der Waals surface area contributed by atoms with E-state index in [0.29, 0.717) is 0 Å². The highest BCUT2D eigenvalue weighted by Gasteiger charge is 2.40. The zero-order valence-electron chi connectivity index (χ0n) is 6.88. The summed E-state index contributed by atoms with van der Waals surface area (Å²) in [7, 11) is 0. The monoisotopic (exact) mass is 156 g/mol. The molecule has 0 unspecified atom stereocenters. The number of nitrogens with two attached hydrogens (primary N) is 1. The topological polar surface area (TPSA) is 38.5 Å². The molecule has 2 rings (SSSR count). The summed E-state index contributed by atoms with van der Waals surface area (Å²) in [5, 5.41) is 2.04. The highest BCUT2D eigenvalue weighted by Crippen LogP contribution is 2.33. The van der Waals surface area contributed by atoms with Crippen LogP contribution in [0.5, 0.6) is 0 Å². The summed E-state index contributed by atoms with van der Waals surface area (Å²) >= 11 is 0. The van der Waals surface area contributed by atoms with E-state index in [4.69, 9.17) is 10.6 Å². The van der Waals surface area contributed by atoms with E-state index in [0.717, 1.165) is 19.7 Å². The maximum absolute atomic E-state index is 5.96. The van der Waals surface area contributed by atoms with Crippen molar-refractivity contribution >= 4 is 0 Å². The third-order valence-corrected chi connectivity index (χ3v) is 2.46. The molecule has 2 N–H and O–H groups in total. The van der Waals surface area contributed by atoms with Crippen LogP contribution in [0.2, 0.25) is 0 Å². The van der Waals surface area contributed by atoms with Crippen LogP contribution in [0.15, 0.2) is 0 Å². The van der Waals surface area contributed by atoms with Gasteiger partial charge in [0.2, 0.25) is 0 Å². The molecule has 0 radical (unpaired) electrons. The van der Waals surface area contributed by atoms with Gasteiger partial charge in [-0.2, -0.15) is 5.06 Å². The predicted molar refractivity (Wildman–Crippen MR) is 42.9 cm³/mol. The lowest BCUT2D eigenvalue weighted by Gasteiger charge is -2.28. The van der Waals surface area contributed by atoms with Crippen molar-refractivity contribution in [3.8, 4) is 0 Å². The van der Waals surface area contributed by atoms with Crippen molar-refractivity contribution in [3.05, 3.63) is 0 Å². The zero-order chi connectivity index (χ0) is 7.73. The van der Waals surface area contributed by atoms with Gasteiger partial charge in [0, 0.05) is 18.6 Å². The predicted octanol–water partition coefficient (Wildman–Crippen LogP) is 0.505. The van der Waals surface area contributed by atoms with Crippen LogP contribution in [-0.2, 0) is 4.84 Å². The van der Waals surface area contributed by atoms with Gasteiger partial charge in [0.1, 0.15) is 0 Å². The number of hydrogen-bond donors (Lipinski definition) is 1. The number of hydrogen-bond acceptors (Lipinski definition) is 3. The van der Waals surface area contributed by atoms with E-state index in [-0.39, 0.29) is 5.54 Å². The number of rotatable bonds is 2. The molecule has 1 aliphatic heterocycles. The van der Waals surface area contributed by atoms with Gasteiger partial charge in [-0.25, -0.2) is 0 Å². The van der Waals surface area contributed by atoms with E-state index in [2.05, 4.69) is 0 Å². The second kappa shape index (κ2) is 2.73. The van der Waals surface area contributed by atoms with Crippen molar-refractivity contribution in [2.45, 2.75) is 31.2 Å². The molecule has 64 valence electrons. The van der Waals surface area contributed by atoms with Gasteiger partial charge in [0.05, 0.1) is 6.61 Å². The fraction of sp³-hybridized carbons (Fsp3) is 1.00. The average Bonchev–Trinajstić information content (AvgIpc) is 2.70. The first kappa shape index (κ1) is 7.53. The molecule has 1 saturated carbocycles. The highest BCUT2D eigenvalue weighted by atomic mass is 16.7. The van der Waals surface area contributed by atoms with E-state index in [9.17, 15) is 0 Å². The molecule has 2 aliphatic rings. The summed E-state index contributed by atoms with van der Waals surface area (Å²) < 4.78 is 0. The Morgan fingerprint density at radius 3 is 2.73 bits per heavy atom. The second-order valence-electron chi connectivity index (χ2n) is 3.77. The SMILES string of the molecule is NC1(CN2CCCCO2)CC1.